The number of halogens is 3. The monoisotopic (exact) mass is 405 g/mol. The second kappa shape index (κ2) is 8.98. The lowest BCUT2D eigenvalue weighted by Gasteiger charge is -2.08. The molecule has 0 atom stereocenters. The van der Waals surface area contributed by atoms with Crippen molar-refractivity contribution in [1.82, 2.24) is 4.98 Å². The molecule has 0 aliphatic carbocycles. The molecule has 1 N–H and O–H groups in total. The second-order valence-electron chi connectivity index (χ2n) is 4.60. The van der Waals surface area contributed by atoms with Crippen molar-refractivity contribution in [2.75, 3.05) is 19.1 Å². The molecule has 1 heterocycles. The Morgan fingerprint density at radius 1 is 1.48 bits per heavy atom. The summed E-state index contributed by atoms with van der Waals surface area (Å²) in [5.74, 6) is -1.18. The van der Waals surface area contributed by atoms with Gasteiger partial charge in [-0.15, -0.1) is 11.3 Å². The molecule has 1 aromatic carbocycles. The summed E-state index contributed by atoms with van der Waals surface area (Å²) in [6.45, 7) is 2.05. The quantitative estimate of drug-likeness (QED) is 0.425. The van der Waals surface area contributed by atoms with Crippen LogP contribution in [-0.2, 0) is 16.0 Å². The average Bonchev–Trinajstić information content (AvgIpc) is 2.98. The number of thiazole rings is 1. The number of carbonyl (C=O) groups is 1. The Balaban J connectivity index is 2.07. The molecule has 0 unspecified atom stereocenters. The van der Waals surface area contributed by atoms with Gasteiger partial charge in [0.1, 0.15) is 0 Å². The van der Waals surface area contributed by atoms with Crippen LogP contribution in [0.1, 0.15) is 18.2 Å². The van der Waals surface area contributed by atoms with Crippen LogP contribution in [0, 0.1) is 5.82 Å². The van der Waals surface area contributed by atoms with Gasteiger partial charge in [0, 0.05) is 5.38 Å². The van der Waals surface area contributed by atoms with Crippen LogP contribution < -0.4 is 10.2 Å². The molecule has 2 rings (SSSR count). The van der Waals surface area contributed by atoms with Gasteiger partial charge in [0.25, 0.3) is 0 Å². The molecule has 0 spiro atoms. The number of hydrogen-bond acceptors (Lipinski definition) is 7. The highest BCUT2D eigenvalue weighted by atomic mass is 35.5. The topological polar surface area (TPSA) is 72.8 Å². The van der Waals surface area contributed by atoms with Crippen molar-refractivity contribution in [3.63, 3.8) is 0 Å². The van der Waals surface area contributed by atoms with Crippen molar-refractivity contribution in [1.29, 1.82) is 0 Å². The molecular formula is C15H14Cl2FN3O3S. The van der Waals surface area contributed by atoms with Crippen molar-refractivity contribution < 1.29 is 18.7 Å². The van der Waals surface area contributed by atoms with Crippen LogP contribution in [0.25, 0.3) is 0 Å². The fourth-order valence-corrected chi connectivity index (χ4v) is 3.07. The van der Waals surface area contributed by atoms with Crippen LogP contribution in [0.15, 0.2) is 16.5 Å². The number of nitrogens with zero attached hydrogens (tertiary/aromatic N) is 2. The third-order valence-electron chi connectivity index (χ3n) is 2.90. The highest BCUT2D eigenvalue weighted by Crippen LogP contribution is 2.34. The minimum atomic E-state index is -0.715. The summed E-state index contributed by atoms with van der Waals surface area (Å²) >= 11 is 13.1. The predicted octanol–water partition coefficient (Wildman–Crippen LogP) is 4.15. The van der Waals surface area contributed by atoms with E-state index in [1.807, 2.05) is 0 Å². The predicted molar refractivity (Wildman–Crippen MR) is 96.6 cm³/mol. The number of aromatic nitrogens is 1. The van der Waals surface area contributed by atoms with Crippen LogP contribution in [0.2, 0.25) is 10.0 Å². The number of methoxy groups -OCH3 is 1. The summed E-state index contributed by atoms with van der Waals surface area (Å²) in [5, 5.41) is 6.20. The van der Waals surface area contributed by atoms with Crippen molar-refractivity contribution in [2.24, 2.45) is 5.10 Å². The molecule has 0 amide bonds. The lowest BCUT2D eigenvalue weighted by Crippen LogP contribution is -2.07. The molecule has 2 aromatic rings. The minimum Gasteiger partial charge on any atom is -0.492 e. The lowest BCUT2D eigenvalue weighted by molar-refractivity contribution is -0.142. The van der Waals surface area contributed by atoms with E-state index in [0.717, 1.165) is 0 Å². The third kappa shape index (κ3) is 5.04. The highest BCUT2D eigenvalue weighted by molar-refractivity contribution is 7.13. The molecule has 0 fully saturated rings. The van der Waals surface area contributed by atoms with Crippen molar-refractivity contribution in [3.05, 3.63) is 38.6 Å². The Bertz CT molecular complexity index is 799. The van der Waals surface area contributed by atoms with Gasteiger partial charge in [0.05, 0.1) is 47.7 Å². The summed E-state index contributed by atoms with van der Waals surface area (Å²) in [4.78, 5) is 15.6. The maximum atomic E-state index is 14.3. The van der Waals surface area contributed by atoms with Gasteiger partial charge >= 0.3 is 5.97 Å². The van der Waals surface area contributed by atoms with Crippen LogP contribution in [0.5, 0.6) is 5.75 Å². The zero-order valence-electron chi connectivity index (χ0n) is 13.3. The largest absolute Gasteiger partial charge is 0.492 e. The number of esters is 1. The summed E-state index contributed by atoms with van der Waals surface area (Å²) < 4.78 is 24.0. The summed E-state index contributed by atoms with van der Waals surface area (Å²) in [5.41, 5.74) is 3.23. The first-order valence-electron chi connectivity index (χ1n) is 7.06. The molecule has 1 aromatic heterocycles. The van der Waals surface area contributed by atoms with Gasteiger partial charge in [-0.25, -0.2) is 9.37 Å². The van der Waals surface area contributed by atoms with Gasteiger partial charge in [0.2, 0.25) is 5.13 Å². The van der Waals surface area contributed by atoms with E-state index in [1.165, 1.54) is 30.7 Å². The maximum absolute atomic E-state index is 14.3. The maximum Gasteiger partial charge on any atom is 0.311 e. The zero-order valence-corrected chi connectivity index (χ0v) is 15.6. The lowest BCUT2D eigenvalue weighted by atomic mass is 10.2. The Labute approximate surface area is 157 Å². The number of anilines is 1. The van der Waals surface area contributed by atoms with E-state index in [4.69, 9.17) is 32.7 Å². The van der Waals surface area contributed by atoms with Crippen molar-refractivity contribution in [3.8, 4) is 5.75 Å². The fraction of sp³-hybridized carbons (Fsp3) is 0.267. The van der Waals surface area contributed by atoms with Crippen LogP contribution >= 0.6 is 34.5 Å². The van der Waals surface area contributed by atoms with Gasteiger partial charge in [-0.2, -0.15) is 5.10 Å². The van der Waals surface area contributed by atoms with Gasteiger partial charge in [-0.1, -0.05) is 23.2 Å². The molecule has 134 valence electrons. The summed E-state index contributed by atoms with van der Waals surface area (Å²) in [6.07, 6.45) is 1.27. The Morgan fingerprint density at radius 2 is 2.24 bits per heavy atom. The van der Waals surface area contributed by atoms with Crippen LogP contribution in [0.3, 0.4) is 0 Å². The first-order valence-corrected chi connectivity index (χ1v) is 8.70. The molecule has 10 heteroatoms. The van der Waals surface area contributed by atoms with Crippen molar-refractivity contribution in [2.45, 2.75) is 13.3 Å². The summed E-state index contributed by atoms with van der Waals surface area (Å²) in [6, 6.07) is 1.37. The smallest absolute Gasteiger partial charge is 0.311 e. The van der Waals surface area contributed by atoms with E-state index in [-0.39, 0.29) is 33.7 Å². The standard InChI is InChI=1S/C15H14Cl2FN3O3S/c1-3-24-12(22)4-8-7-25-15(20-8)21-19-6-9-10(16)5-11(17)14(23-2)13(9)18/h5-7H,3-4H2,1-2H3,(H,20,21). The first kappa shape index (κ1) is 19.4. The SMILES string of the molecule is CCOC(=O)Cc1csc(NN=Cc2c(Cl)cc(Cl)c(OC)c2F)n1. The normalized spacial score (nSPS) is 10.9. The number of hydrogen-bond donors (Lipinski definition) is 1. The average molecular weight is 406 g/mol. The van der Waals surface area contributed by atoms with Crippen molar-refractivity contribution >= 4 is 51.9 Å². The van der Waals surface area contributed by atoms with Gasteiger partial charge in [-0.05, 0) is 13.0 Å². The molecule has 0 aliphatic rings. The Hall–Kier alpha value is -1.90. The molecule has 0 bridgehead atoms. The third-order valence-corrected chi connectivity index (χ3v) is 4.29. The summed E-state index contributed by atoms with van der Waals surface area (Å²) in [7, 11) is 1.30. The number of rotatable bonds is 7. The van der Waals surface area contributed by atoms with E-state index in [2.05, 4.69) is 15.5 Å². The van der Waals surface area contributed by atoms with E-state index in [1.54, 1.807) is 12.3 Å². The molecule has 6 nitrogen and oxygen atoms in total. The van der Waals surface area contributed by atoms with E-state index in [9.17, 15) is 9.18 Å². The fourth-order valence-electron chi connectivity index (χ4n) is 1.84. The molecule has 0 saturated heterocycles. The van der Waals surface area contributed by atoms with E-state index < -0.39 is 5.82 Å². The minimum absolute atomic E-state index is 0.0266. The molecule has 0 radical (unpaired) electrons. The van der Waals surface area contributed by atoms with Gasteiger partial charge in [0.15, 0.2) is 11.6 Å². The number of hydrazone groups is 1. The molecule has 0 saturated carbocycles. The van der Waals surface area contributed by atoms with Gasteiger partial charge < -0.3 is 9.47 Å². The van der Waals surface area contributed by atoms with Crippen LogP contribution in [0.4, 0.5) is 9.52 Å². The van der Waals surface area contributed by atoms with E-state index >= 15 is 0 Å². The number of ether oxygens (including phenoxy) is 2. The van der Waals surface area contributed by atoms with Gasteiger partial charge in [-0.3, -0.25) is 10.2 Å². The Kier molecular flexibility index (Phi) is 6.98. The number of benzene rings is 1. The number of carbonyl (C=O) groups excluding carboxylic acids is 1. The highest BCUT2D eigenvalue weighted by Gasteiger charge is 2.16. The number of nitrogens with one attached hydrogen (secondary N) is 1. The second-order valence-corrected chi connectivity index (χ2v) is 6.27. The van der Waals surface area contributed by atoms with E-state index in [0.29, 0.717) is 17.4 Å². The molecule has 0 aliphatic heterocycles. The first-order chi connectivity index (χ1) is 12.0. The molecule has 25 heavy (non-hydrogen) atoms. The molecular weight excluding hydrogens is 392 g/mol. The van der Waals surface area contributed by atoms with Crippen LogP contribution in [-0.4, -0.2) is 30.9 Å². The Morgan fingerprint density at radius 3 is 2.92 bits per heavy atom. The zero-order chi connectivity index (χ0) is 18.4.